The topological polar surface area (TPSA) is 91.1 Å². The van der Waals surface area contributed by atoms with Gasteiger partial charge in [-0.05, 0) is 51.1 Å². The van der Waals surface area contributed by atoms with Gasteiger partial charge in [0.2, 0.25) is 0 Å². The molecule has 0 N–H and O–H groups in total. The first-order valence-corrected chi connectivity index (χ1v) is 9.77. The van der Waals surface area contributed by atoms with Crippen molar-refractivity contribution in [1.29, 1.82) is 0 Å². The molecule has 0 saturated carbocycles. The Morgan fingerprint density at radius 3 is 2.27 bits per heavy atom. The van der Waals surface area contributed by atoms with Crippen LogP contribution in [0.2, 0.25) is 0 Å². The predicted molar refractivity (Wildman–Crippen MR) is 111 cm³/mol. The van der Waals surface area contributed by atoms with Crippen LogP contribution in [0, 0.1) is 16.0 Å². The van der Waals surface area contributed by atoms with Crippen molar-refractivity contribution in [2.45, 2.75) is 33.0 Å². The van der Waals surface area contributed by atoms with E-state index in [0.717, 1.165) is 0 Å². The quantitative estimate of drug-likeness (QED) is 0.492. The molecule has 0 atom stereocenters. The summed E-state index contributed by atoms with van der Waals surface area (Å²) >= 11 is 0. The number of carbonyl (C=O) groups excluding carboxylic acids is 1. The van der Waals surface area contributed by atoms with Gasteiger partial charge in [-0.3, -0.25) is 10.1 Å². The van der Waals surface area contributed by atoms with Crippen LogP contribution in [0.1, 0.15) is 26.3 Å². The second-order valence-electron chi connectivity index (χ2n) is 8.21. The summed E-state index contributed by atoms with van der Waals surface area (Å²) in [6.07, 6.45) is -0.293. The van der Waals surface area contributed by atoms with Gasteiger partial charge in [0.15, 0.2) is 0 Å². The van der Waals surface area contributed by atoms with Gasteiger partial charge in [0.05, 0.1) is 17.1 Å². The van der Waals surface area contributed by atoms with Crippen LogP contribution in [-0.2, 0) is 11.3 Å². The van der Waals surface area contributed by atoms with Crippen LogP contribution in [0.3, 0.4) is 0 Å². The molecule has 1 aliphatic heterocycles. The van der Waals surface area contributed by atoms with Crippen molar-refractivity contribution >= 4 is 11.8 Å². The molecule has 0 aromatic heterocycles. The molecule has 1 heterocycles. The van der Waals surface area contributed by atoms with Gasteiger partial charge in [0.1, 0.15) is 23.7 Å². The number of likely N-dealkylation sites (tertiary alicyclic amines) is 1. The van der Waals surface area contributed by atoms with E-state index in [0.29, 0.717) is 36.8 Å². The van der Waals surface area contributed by atoms with Crippen molar-refractivity contribution in [3.63, 3.8) is 0 Å². The lowest BCUT2D eigenvalue weighted by molar-refractivity contribution is -0.385. The maximum Gasteiger partial charge on any atom is 0.410 e. The Morgan fingerprint density at radius 2 is 1.67 bits per heavy atom. The lowest BCUT2D eigenvalue weighted by Crippen LogP contribution is -2.53. The van der Waals surface area contributed by atoms with Crippen molar-refractivity contribution in [1.82, 2.24) is 4.90 Å². The molecule has 0 radical (unpaired) electrons. The van der Waals surface area contributed by atoms with Gasteiger partial charge in [-0.25, -0.2) is 4.79 Å². The van der Waals surface area contributed by atoms with Gasteiger partial charge in [0, 0.05) is 25.1 Å². The molecule has 0 bridgehead atoms. The number of nitro benzene ring substituents is 1. The van der Waals surface area contributed by atoms with E-state index in [2.05, 4.69) is 0 Å². The molecule has 0 aliphatic carbocycles. The third-order valence-corrected chi connectivity index (χ3v) is 4.50. The Balaban J connectivity index is 1.42. The highest BCUT2D eigenvalue weighted by molar-refractivity contribution is 5.69. The Morgan fingerprint density at radius 1 is 1.07 bits per heavy atom. The summed E-state index contributed by atoms with van der Waals surface area (Å²) in [5, 5.41) is 11.1. The lowest BCUT2D eigenvalue weighted by Gasteiger charge is -2.39. The van der Waals surface area contributed by atoms with E-state index in [1.54, 1.807) is 47.4 Å². The Labute approximate surface area is 175 Å². The SMILES string of the molecule is CC(C)(C)OC(=O)N1CC(COc2ccc(OCc3ccccc3[N+](=O)[O-])cc2)C1. The molecule has 1 aliphatic rings. The summed E-state index contributed by atoms with van der Waals surface area (Å²) in [5.74, 6) is 1.57. The van der Waals surface area contributed by atoms with Crippen LogP contribution in [0.4, 0.5) is 10.5 Å². The molecule has 1 saturated heterocycles. The van der Waals surface area contributed by atoms with E-state index in [1.807, 2.05) is 20.8 Å². The number of carbonyl (C=O) groups is 1. The summed E-state index contributed by atoms with van der Waals surface area (Å²) in [6.45, 7) is 7.40. The molecule has 2 aromatic rings. The van der Waals surface area contributed by atoms with E-state index < -0.39 is 10.5 Å². The summed E-state index contributed by atoms with van der Waals surface area (Å²) in [5.41, 5.74) is 0.0641. The van der Waals surface area contributed by atoms with E-state index in [9.17, 15) is 14.9 Å². The van der Waals surface area contributed by atoms with Crippen LogP contribution in [0.25, 0.3) is 0 Å². The van der Waals surface area contributed by atoms with Crippen molar-refractivity contribution in [2.75, 3.05) is 19.7 Å². The highest BCUT2D eigenvalue weighted by atomic mass is 16.6. The summed E-state index contributed by atoms with van der Waals surface area (Å²) in [7, 11) is 0. The zero-order chi connectivity index (χ0) is 21.7. The molecular weight excluding hydrogens is 388 g/mol. The first-order valence-electron chi connectivity index (χ1n) is 9.77. The number of nitrogens with zero attached hydrogens (tertiary/aromatic N) is 2. The maximum atomic E-state index is 11.9. The highest BCUT2D eigenvalue weighted by Gasteiger charge is 2.34. The number of ether oxygens (including phenoxy) is 3. The molecule has 1 fully saturated rings. The van der Waals surface area contributed by atoms with Gasteiger partial charge in [-0.1, -0.05) is 12.1 Å². The zero-order valence-corrected chi connectivity index (χ0v) is 17.4. The van der Waals surface area contributed by atoms with Crippen molar-refractivity contribution in [2.24, 2.45) is 5.92 Å². The molecule has 8 heteroatoms. The second-order valence-corrected chi connectivity index (χ2v) is 8.21. The fourth-order valence-electron chi connectivity index (χ4n) is 2.97. The Hall–Kier alpha value is -3.29. The molecular formula is C22H26N2O6. The first-order chi connectivity index (χ1) is 14.2. The van der Waals surface area contributed by atoms with Gasteiger partial charge < -0.3 is 19.1 Å². The first kappa shape index (κ1) is 21.4. The standard InChI is InChI=1S/C22H26N2O6/c1-22(2,3)30-21(25)23-12-16(13-23)14-28-18-8-10-19(11-9-18)29-15-17-6-4-5-7-20(17)24(26)27/h4-11,16H,12-15H2,1-3H3. The average Bonchev–Trinajstić information content (AvgIpc) is 2.64. The van der Waals surface area contributed by atoms with E-state index in [4.69, 9.17) is 14.2 Å². The van der Waals surface area contributed by atoms with Crippen LogP contribution in [0.5, 0.6) is 11.5 Å². The van der Waals surface area contributed by atoms with Crippen LogP contribution >= 0.6 is 0 Å². The number of benzene rings is 2. The number of para-hydroxylation sites is 1. The number of hydrogen-bond acceptors (Lipinski definition) is 6. The molecule has 3 rings (SSSR count). The molecule has 0 spiro atoms. The van der Waals surface area contributed by atoms with Gasteiger partial charge in [-0.15, -0.1) is 0 Å². The van der Waals surface area contributed by atoms with Crippen molar-refractivity contribution in [3.8, 4) is 11.5 Å². The monoisotopic (exact) mass is 414 g/mol. The summed E-state index contributed by atoms with van der Waals surface area (Å²) in [6, 6.07) is 13.6. The third kappa shape index (κ3) is 5.85. The maximum absolute atomic E-state index is 11.9. The van der Waals surface area contributed by atoms with E-state index >= 15 is 0 Å². The normalized spacial score (nSPS) is 14.0. The number of amides is 1. The number of hydrogen-bond donors (Lipinski definition) is 0. The molecule has 160 valence electrons. The zero-order valence-electron chi connectivity index (χ0n) is 17.4. The molecule has 1 amide bonds. The third-order valence-electron chi connectivity index (χ3n) is 4.50. The second kappa shape index (κ2) is 9.02. The predicted octanol–water partition coefficient (Wildman–Crippen LogP) is 4.42. The summed E-state index contributed by atoms with van der Waals surface area (Å²) in [4.78, 5) is 24.2. The molecule has 8 nitrogen and oxygen atoms in total. The number of rotatable bonds is 7. The minimum absolute atomic E-state index is 0.0402. The molecule has 0 unspecified atom stereocenters. The van der Waals surface area contributed by atoms with E-state index in [1.165, 1.54) is 6.07 Å². The lowest BCUT2D eigenvalue weighted by atomic mass is 10.0. The van der Waals surface area contributed by atoms with Crippen LogP contribution in [0.15, 0.2) is 48.5 Å². The summed E-state index contributed by atoms with van der Waals surface area (Å²) < 4.78 is 16.8. The van der Waals surface area contributed by atoms with Crippen molar-refractivity contribution in [3.05, 3.63) is 64.2 Å². The van der Waals surface area contributed by atoms with Gasteiger partial charge in [-0.2, -0.15) is 0 Å². The average molecular weight is 414 g/mol. The van der Waals surface area contributed by atoms with Gasteiger partial charge >= 0.3 is 6.09 Å². The Kier molecular flexibility index (Phi) is 6.44. The molecule has 30 heavy (non-hydrogen) atoms. The smallest absolute Gasteiger partial charge is 0.410 e. The van der Waals surface area contributed by atoms with Gasteiger partial charge in [0.25, 0.3) is 5.69 Å². The largest absolute Gasteiger partial charge is 0.493 e. The van der Waals surface area contributed by atoms with Crippen molar-refractivity contribution < 1.29 is 23.9 Å². The molecule has 2 aromatic carbocycles. The fourth-order valence-corrected chi connectivity index (χ4v) is 2.97. The van der Waals surface area contributed by atoms with Crippen LogP contribution in [-0.4, -0.2) is 41.2 Å². The Bertz CT molecular complexity index is 885. The fraction of sp³-hybridized carbons (Fsp3) is 0.409. The van der Waals surface area contributed by atoms with Crippen LogP contribution < -0.4 is 9.47 Å². The van der Waals surface area contributed by atoms with E-state index in [-0.39, 0.29) is 24.3 Å². The minimum atomic E-state index is -0.492. The number of nitro groups is 1. The minimum Gasteiger partial charge on any atom is -0.493 e. The highest BCUT2D eigenvalue weighted by Crippen LogP contribution is 2.24.